The summed E-state index contributed by atoms with van der Waals surface area (Å²) in [6.45, 7) is 4.57. The lowest BCUT2D eigenvalue weighted by atomic mass is 10.0. The summed E-state index contributed by atoms with van der Waals surface area (Å²) in [5.41, 5.74) is 5.03. The van der Waals surface area contributed by atoms with Crippen LogP contribution in [-0.2, 0) is 9.53 Å². The lowest BCUT2D eigenvalue weighted by Crippen LogP contribution is -2.36. The van der Waals surface area contributed by atoms with Gasteiger partial charge in [-0.05, 0) is 36.6 Å². The molecule has 2 aliphatic rings. The SMILES string of the molecule is CC(=O)N(C)C1=CC(c2cc3nc(-c4cccc5[nH]ncc45)nc(N4CCOCC4)c3s2)=CCC1. The molecule has 0 saturated carbocycles. The maximum absolute atomic E-state index is 11.9. The van der Waals surface area contributed by atoms with Crippen LogP contribution in [0, 0.1) is 0 Å². The number of rotatable bonds is 4. The number of morpholine rings is 1. The summed E-state index contributed by atoms with van der Waals surface area (Å²) in [7, 11) is 1.84. The van der Waals surface area contributed by atoms with E-state index in [-0.39, 0.29) is 5.91 Å². The minimum Gasteiger partial charge on any atom is -0.378 e. The number of ether oxygens (including phenoxy) is 1. The van der Waals surface area contributed by atoms with Gasteiger partial charge in [0.05, 0.1) is 35.1 Å². The summed E-state index contributed by atoms with van der Waals surface area (Å²) in [6.07, 6.45) is 7.98. The van der Waals surface area contributed by atoms with Crippen LogP contribution in [0.2, 0.25) is 0 Å². The van der Waals surface area contributed by atoms with Crippen LogP contribution in [0.3, 0.4) is 0 Å². The van der Waals surface area contributed by atoms with Crippen molar-refractivity contribution in [3.05, 3.63) is 53.2 Å². The fourth-order valence-electron chi connectivity index (χ4n) is 4.65. The van der Waals surface area contributed by atoms with Crippen molar-refractivity contribution in [3.8, 4) is 11.4 Å². The third kappa shape index (κ3) is 4.00. The molecule has 1 saturated heterocycles. The summed E-state index contributed by atoms with van der Waals surface area (Å²) in [5.74, 6) is 1.69. The van der Waals surface area contributed by atoms with Gasteiger partial charge in [-0.1, -0.05) is 18.2 Å². The second-order valence-corrected chi connectivity index (χ2v) is 9.90. The minimum absolute atomic E-state index is 0.0485. The molecule has 6 rings (SSSR count). The average Bonchev–Trinajstić information content (AvgIpc) is 3.55. The highest BCUT2D eigenvalue weighted by Crippen LogP contribution is 2.39. The first-order valence-corrected chi connectivity index (χ1v) is 12.6. The molecule has 1 aromatic carbocycles. The number of aromatic nitrogens is 4. The van der Waals surface area contributed by atoms with E-state index in [9.17, 15) is 4.79 Å². The molecule has 1 fully saturated rings. The molecular formula is C26H26N6O2S. The second-order valence-electron chi connectivity index (χ2n) is 8.84. The normalized spacial score (nSPS) is 16.5. The Morgan fingerprint density at radius 2 is 2.09 bits per heavy atom. The third-order valence-corrected chi connectivity index (χ3v) is 7.83. The first kappa shape index (κ1) is 21.9. The van der Waals surface area contributed by atoms with Crippen LogP contribution in [-0.4, -0.2) is 64.3 Å². The van der Waals surface area contributed by atoms with Gasteiger partial charge >= 0.3 is 0 Å². The number of carbonyl (C=O) groups is 1. The Kier molecular flexibility index (Phi) is 5.58. The number of hydrogen-bond donors (Lipinski definition) is 1. The Morgan fingerprint density at radius 3 is 2.91 bits per heavy atom. The molecule has 8 nitrogen and oxygen atoms in total. The number of nitrogens with one attached hydrogen (secondary N) is 1. The van der Waals surface area contributed by atoms with E-state index in [0.29, 0.717) is 19.0 Å². The standard InChI is InChI=1S/C26H26N6O2S/c1-16(33)31(2)18-6-3-5-17(13-18)23-14-22-24(35-23)26(32-9-11-34-12-10-32)29-25(28-22)19-7-4-8-21-20(19)15-27-30-21/h4-5,7-8,13-15H,3,6,9-12H2,1-2H3,(H,27,30). The van der Waals surface area contributed by atoms with Crippen LogP contribution < -0.4 is 4.90 Å². The van der Waals surface area contributed by atoms with Gasteiger partial charge in [0, 0.05) is 48.6 Å². The predicted octanol–water partition coefficient (Wildman–Crippen LogP) is 4.61. The van der Waals surface area contributed by atoms with E-state index in [4.69, 9.17) is 14.7 Å². The zero-order valence-corrected chi connectivity index (χ0v) is 20.6. The molecule has 0 radical (unpaired) electrons. The number of fused-ring (bicyclic) bond motifs is 2. The van der Waals surface area contributed by atoms with Crippen molar-refractivity contribution in [2.24, 2.45) is 0 Å². The van der Waals surface area contributed by atoms with Gasteiger partial charge in [0.15, 0.2) is 11.6 Å². The summed E-state index contributed by atoms with van der Waals surface area (Å²) in [4.78, 5) is 27.2. The number of benzene rings is 1. The average molecular weight is 487 g/mol. The molecule has 1 aliphatic heterocycles. The van der Waals surface area contributed by atoms with Gasteiger partial charge in [-0.15, -0.1) is 11.3 Å². The van der Waals surface area contributed by atoms with Crippen LogP contribution in [0.5, 0.6) is 0 Å². The van der Waals surface area contributed by atoms with Gasteiger partial charge in [0.1, 0.15) is 0 Å². The highest BCUT2D eigenvalue weighted by atomic mass is 32.1. The fourth-order valence-corrected chi connectivity index (χ4v) is 5.78. The molecule has 0 unspecified atom stereocenters. The van der Waals surface area contributed by atoms with Gasteiger partial charge in [-0.3, -0.25) is 9.89 Å². The summed E-state index contributed by atoms with van der Waals surface area (Å²) in [5, 5.41) is 8.26. The van der Waals surface area contributed by atoms with Gasteiger partial charge in [0.25, 0.3) is 0 Å². The highest BCUT2D eigenvalue weighted by Gasteiger charge is 2.22. The molecule has 1 aliphatic carbocycles. The maximum atomic E-state index is 11.9. The Balaban J connectivity index is 1.49. The van der Waals surface area contributed by atoms with Crippen molar-refractivity contribution in [2.75, 3.05) is 38.3 Å². The first-order valence-electron chi connectivity index (χ1n) is 11.8. The number of thiophene rings is 1. The van der Waals surface area contributed by atoms with Crippen molar-refractivity contribution >= 4 is 49.8 Å². The smallest absolute Gasteiger partial charge is 0.223 e. The van der Waals surface area contributed by atoms with Crippen molar-refractivity contribution in [1.82, 2.24) is 25.1 Å². The zero-order chi connectivity index (χ0) is 23.9. The van der Waals surface area contributed by atoms with Gasteiger partial charge in [-0.2, -0.15) is 5.10 Å². The van der Waals surface area contributed by atoms with E-state index in [1.807, 2.05) is 31.4 Å². The van der Waals surface area contributed by atoms with Crippen LogP contribution in [0.25, 0.3) is 38.1 Å². The number of H-pyrrole nitrogens is 1. The number of hydrogen-bond acceptors (Lipinski definition) is 7. The summed E-state index contributed by atoms with van der Waals surface area (Å²) in [6, 6.07) is 8.21. The van der Waals surface area contributed by atoms with Crippen molar-refractivity contribution in [3.63, 3.8) is 0 Å². The second kappa shape index (κ2) is 8.90. The first-order chi connectivity index (χ1) is 17.1. The van der Waals surface area contributed by atoms with Gasteiger partial charge in [0.2, 0.25) is 5.91 Å². The lowest BCUT2D eigenvalue weighted by Gasteiger charge is -2.28. The van der Waals surface area contributed by atoms with E-state index >= 15 is 0 Å². The number of nitrogens with zero attached hydrogens (tertiary/aromatic N) is 5. The number of carbonyl (C=O) groups excluding carboxylic acids is 1. The summed E-state index contributed by atoms with van der Waals surface area (Å²) >= 11 is 1.71. The molecular weight excluding hydrogens is 460 g/mol. The number of allylic oxidation sites excluding steroid dienone is 4. The molecule has 4 aromatic rings. The molecule has 3 aromatic heterocycles. The van der Waals surface area contributed by atoms with E-state index in [1.54, 1.807) is 23.2 Å². The van der Waals surface area contributed by atoms with Gasteiger partial charge in [-0.25, -0.2) is 9.97 Å². The van der Waals surface area contributed by atoms with E-state index in [2.05, 4.69) is 33.3 Å². The molecule has 178 valence electrons. The molecule has 9 heteroatoms. The largest absolute Gasteiger partial charge is 0.378 e. The highest BCUT2D eigenvalue weighted by molar-refractivity contribution is 7.20. The topological polar surface area (TPSA) is 87.2 Å². The summed E-state index contributed by atoms with van der Waals surface area (Å²) < 4.78 is 6.68. The number of amides is 1. The number of aromatic amines is 1. The molecule has 1 amide bonds. The van der Waals surface area contributed by atoms with Gasteiger partial charge < -0.3 is 14.5 Å². The van der Waals surface area contributed by atoms with Crippen molar-refractivity contribution in [1.29, 1.82) is 0 Å². The van der Waals surface area contributed by atoms with E-state index in [0.717, 1.165) is 74.6 Å². The van der Waals surface area contributed by atoms with Crippen molar-refractivity contribution < 1.29 is 9.53 Å². The van der Waals surface area contributed by atoms with Crippen LogP contribution >= 0.6 is 11.3 Å². The molecule has 4 heterocycles. The Labute approximate surface area is 206 Å². The van der Waals surface area contributed by atoms with Crippen LogP contribution in [0.1, 0.15) is 24.6 Å². The Hall–Kier alpha value is -3.56. The van der Waals surface area contributed by atoms with E-state index < -0.39 is 0 Å². The fraction of sp³-hybridized carbons (Fsp3) is 0.308. The third-order valence-electron chi connectivity index (χ3n) is 6.66. The quantitative estimate of drug-likeness (QED) is 0.453. The van der Waals surface area contributed by atoms with Crippen LogP contribution in [0.4, 0.5) is 5.82 Å². The van der Waals surface area contributed by atoms with Crippen molar-refractivity contribution in [2.45, 2.75) is 19.8 Å². The minimum atomic E-state index is 0.0485. The molecule has 0 bridgehead atoms. The molecule has 35 heavy (non-hydrogen) atoms. The molecule has 0 spiro atoms. The van der Waals surface area contributed by atoms with E-state index in [1.165, 1.54) is 0 Å². The lowest BCUT2D eigenvalue weighted by molar-refractivity contribution is -0.125. The van der Waals surface area contributed by atoms with Crippen LogP contribution in [0.15, 0.2) is 48.3 Å². The monoisotopic (exact) mass is 486 g/mol. The maximum Gasteiger partial charge on any atom is 0.223 e. The molecule has 1 N–H and O–H groups in total. The number of anilines is 1. The zero-order valence-electron chi connectivity index (χ0n) is 19.7. The molecule has 0 atom stereocenters. The Bertz CT molecular complexity index is 1490. The predicted molar refractivity (Wildman–Crippen MR) is 139 cm³/mol. The Morgan fingerprint density at radius 1 is 1.23 bits per heavy atom.